The third-order valence-electron chi connectivity index (χ3n) is 6.68. The first-order valence-corrected chi connectivity index (χ1v) is 15.2. The van der Waals surface area contributed by atoms with Crippen LogP contribution in [0.2, 0.25) is 0 Å². The third kappa shape index (κ3) is 6.82. The molecule has 3 rings (SSSR count). The number of fused-ring (bicyclic) bond motifs is 2. The molecule has 1 heterocycles. The molecule has 2 aromatic carbocycles. The van der Waals surface area contributed by atoms with Crippen LogP contribution in [0.25, 0.3) is 0 Å². The number of phosphoric acid groups is 1. The monoisotopic (exact) mass is 545 g/mol. The zero-order chi connectivity index (χ0) is 28.2. The van der Waals surface area contributed by atoms with Gasteiger partial charge in [-0.3, -0.25) is 5.26 Å². The molecule has 203 valence electrons. The zero-order valence-electron chi connectivity index (χ0n) is 24.5. The van der Waals surface area contributed by atoms with E-state index >= 15 is 0 Å². The molecule has 1 aliphatic heterocycles. The van der Waals surface area contributed by atoms with E-state index in [-0.39, 0.29) is 21.7 Å². The number of benzene rings is 2. The van der Waals surface area contributed by atoms with Crippen molar-refractivity contribution in [2.45, 2.75) is 111 Å². The van der Waals surface area contributed by atoms with Gasteiger partial charge in [0.1, 0.15) is 11.5 Å². The lowest BCUT2D eigenvalue weighted by Crippen LogP contribution is -2.23. The molecule has 0 bridgehead atoms. The molecule has 0 fully saturated rings. The molecule has 0 aromatic heterocycles. The Morgan fingerprint density at radius 1 is 0.703 bits per heavy atom. The predicted molar refractivity (Wildman–Crippen MR) is 150 cm³/mol. The summed E-state index contributed by atoms with van der Waals surface area (Å²) in [5, 5.41) is 9.03. The topological polar surface area (TPSA) is 74.2 Å². The molecule has 0 atom stereocenters. The highest BCUT2D eigenvalue weighted by Gasteiger charge is 2.40. The van der Waals surface area contributed by atoms with E-state index in [0.717, 1.165) is 22.3 Å². The van der Waals surface area contributed by atoms with Gasteiger partial charge in [-0.05, 0) is 43.9 Å². The molecule has 0 spiro atoms. The summed E-state index contributed by atoms with van der Waals surface area (Å²) in [6.07, 6.45) is 0.550. The van der Waals surface area contributed by atoms with Gasteiger partial charge in [-0.1, -0.05) is 107 Å². The van der Waals surface area contributed by atoms with Crippen molar-refractivity contribution in [3.8, 4) is 11.5 Å². The van der Waals surface area contributed by atoms with E-state index in [1.165, 1.54) is 11.1 Å². The Hall–Kier alpha value is -1.32. The number of hydrogen-bond donors (Lipinski definition) is 1. The molecule has 1 aliphatic rings. The summed E-state index contributed by atoms with van der Waals surface area (Å²) >= 11 is -1.47. The molecule has 37 heavy (non-hydrogen) atoms. The Kier molecular flexibility index (Phi) is 8.18. The van der Waals surface area contributed by atoms with Crippen molar-refractivity contribution in [1.29, 1.82) is 0 Å². The largest absolute Gasteiger partial charge is 0.711 e. The summed E-state index contributed by atoms with van der Waals surface area (Å²) in [5.41, 5.74) is 5.24. The fourth-order valence-corrected chi connectivity index (χ4v) is 6.23. The Morgan fingerprint density at radius 3 is 1.38 bits per heavy atom. The number of phosphoric ester groups is 1. The molecule has 1 radical (unpaired) electrons. The van der Waals surface area contributed by atoms with Crippen LogP contribution in [0.5, 0.6) is 11.5 Å². The van der Waals surface area contributed by atoms with Crippen LogP contribution in [0.3, 0.4) is 0 Å². The van der Waals surface area contributed by atoms with Gasteiger partial charge in [-0.25, -0.2) is 4.57 Å². The lowest BCUT2D eigenvalue weighted by Gasteiger charge is -2.35. The van der Waals surface area contributed by atoms with Gasteiger partial charge in [0.05, 0.1) is 0 Å². The van der Waals surface area contributed by atoms with Crippen LogP contribution >= 0.6 is 7.82 Å². The van der Waals surface area contributed by atoms with E-state index in [9.17, 15) is 4.57 Å². The van der Waals surface area contributed by atoms with Gasteiger partial charge in [0.2, 0.25) is 0 Å². The molecule has 0 saturated heterocycles. The molecule has 1 N–H and O–H groups in total. The fourth-order valence-electron chi connectivity index (χ4n) is 4.40. The predicted octanol–water partition coefficient (Wildman–Crippen LogP) is 8.39. The van der Waals surface area contributed by atoms with Crippen LogP contribution in [-0.4, -0.2) is 21.1 Å². The number of rotatable bonds is 3. The second-order valence-corrected chi connectivity index (χ2v) is 16.6. The van der Waals surface area contributed by atoms with Gasteiger partial charge >= 0.3 is 23.7 Å². The van der Waals surface area contributed by atoms with Gasteiger partial charge in [-0.2, -0.15) is 0 Å². The molecule has 6 nitrogen and oxygen atoms in total. The van der Waals surface area contributed by atoms with Gasteiger partial charge in [0.25, 0.3) is 0 Å². The summed E-state index contributed by atoms with van der Waals surface area (Å²) < 4.78 is 36.3. The van der Waals surface area contributed by atoms with Gasteiger partial charge in [0, 0.05) is 17.5 Å². The van der Waals surface area contributed by atoms with Crippen molar-refractivity contribution in [3.05, 3.63) is 57.6 Å². The van der Waals surface area contributed by atoms with E-state index in [2.05, 4.69) is 111 Å². The van der Waals surface area contributed by atoms with E-state index < -0.39 is 23.7 Å². The molecular formula is C29H43AlO6P. The van der Waals surface area contributed by atoms with Gasteiger partial charge in [-0.15, -0.1) is 0 Å². The average molecular weight is 546 g/mol. The highest BCUT2D eigenvalue weighted by molar-refractivity contribution is 7.50. The third-order valence-corrected chi connectivity index (χ3v) is 8.96. The van der Waals surface area contributed by atoms with E-state index in [1.807, 2.05) is 0 Å². The molecule has 0 unspecified atom stereocenters. The second kappa shape index (κ2) is 10.0. The zero-order valence-corrected chi connectivity index (χ0v) is 26.6. The quantitative estimate of drug-likeness (QED) is 0.181. The van der Waals surface area contributed by atoms with Crippen LogP contribution in [0.4, 0.5) is 0 Å². The van der Waals surface area contributed by atoms with Crippen LogP contribution in [-0.2, 0) is 40.2 Å². The molecular weight excluding hydrogens is 502 g/mol. The summed E-state index contributed by atoms with van der Waals surface area (Å²) in [4.78, 5) is 0. The second-order valence-electron chi connectivity index (χ2n) is 14.1. The normalized spacial score (nSPS) is 16.0. The minimum atomic E-state index is -4.22. The minimum Gasteiger partial charge on any atom is -0.396 e. The fraction of sp³-hybridized carbons (Fsp3) is 0.586. The summed E-state index contributed by atoms with van der Waals surface area (Å²) in [6.45, 7) is 25.8. The lowest BCUT2D eigenvalue weighted by molar-refractivity contribution is -0.148. The van der Waals surface area contributed by atoms with E-state index in [4.69, 9.17) is 17.9 Å². The molecule has 0 amide bonds. The maximum Gasteiger partial charge on any atom is 0.711 e. The Morgan fingerprint density at radius 2 is 1.08 bits per heavy atom. The summed E-state index contributed by atoms with van der Waals surface area (Å²) in [6, 6.07) is 8.57. The van der Waals surface area contributed by atoms with Crippen molar-refractivity contribution < 1.29 is 26.4 Å². The van der Waals surface area contributed by atoms with Crippen molar-refractivity contribution in [3.63, 3.8) is 0 Å². The van der Waals surface area contributed by atoms with Crippen LogP contribution in [0.15, 0.2) is 24.3 Å². The lowest BCUT2D eigenvalue weighted by atomic mass is 9.76. The standard InChI is InChI=1S/C29H43O4P.Al.H2O2/c1-26(2,3)20-14-18-13-19-15-21(27(4,5)6)17-23(29(10,11)12)25(19)33-34(30,31)32-24(18)22(16-20)28(7,8)9;;1-2/h14-17H,13H2,1-12H3,(H,30,31);;1-2H/q;+2;/p-2. The molecule has 2 aromatic rings. The van der Waals surface area contributed by atoms with Crippen molar-refractivity contribution >= 4 is 23.7 Å². The highest BCUT2D eigenvalue weighted by atomic mass is 31.2. The van der Waals surface area contributed by atoms with Crippen LogP contribution < -0.4 is 9.05 Å². The highest BCUT2D eigenvalue weighted by Crippen LogP contribution is 2.57. The summed E-state index contributed by atoms with van der Waals surface area (Å²) in [5.74, 6) is 1.01. The van der Waals surface area contributed by atoms with E-state index in [0.29, 0.717) is 17.9 Å². The smallest absolute Gasteiger partial charge is 0.396 e. The molecule has 8 heteroatoms. The van der Waals surface area contributed by atoms with E-state index in [1.54, 1.807) is 0 Å². The van der Waals surface area contributed by atoms with Crippen LogP contribution in [0, 0.1) is 0 Å². The first-order chi connectivity index (χ1) is 16.7. The first-order valence-electron chi connectivity index (χ1n) is 12.8. The molecule has 0 saturated carbocycles. The molecule has 0 aliphatic carbocycles. The average Bonchev–Trinajstić information content (AvgIpc) is 2.70. The van der Waals surface area contributed by atoms with Crippen LogP contribution in [0.1, 0.15) is 116 Å². The van der Waals surface area contributed by atoms with Crippen molar-refractivity contribution in [2.24, 2.45) is 0 Å². The van der Waals surface area contributed by atoms with Gasteiger partial charge in [0.15, 0.2) is 0 Å². The van der Waals surface area contributed by atoms with Crippen molar-refractivity contribution in [1.82, 2.24) is 0 Å². The Labute approximate surface area is 230 Å². The first kappa shape index (κ1) is 30.2. The SMILES string of the molecule is CC(C)(C)c1cc2c(c(C(C)(C)C)c1)OP(=O)([O][Al][O]O)Oc1c(cc(C(C)(C)C)cc1C(C)(C)C)C2. The Bertz CT molecular complexity index is 1120. The van der Waals surface area contributed by atoms with Gasteiger partial charge < -0.3 is 16.6 Å². The summed E-state index contributed by atoms with van der Waals surface area (Å²) in [7, 11) is -4.22. The minimum absolute atomic E-state index is 0.102. The number of hydrogen-bond acceptors (Lipinski definition) is 6. The Balaban J connectivity index is 2.45. The maximum atomic E-state index is 14.2. The maximum absolute atomic E-state index is 14.2. The van der Waals surface area contributed by atoms with Crippen molar-refractivity contribution in [2.75, 3.05) is 0 Å².